The molecule has 0 radical (unpaired) electrons. The minimum absolute atomic E-state index is 0.210. The number of ether oxygens (including phenoxy) is 2. The maximum atomic E-state index is 12.9. The highest BCUT2D eigenvalue weighted by molar-refractivity contribution is 8.18. The smallest absolute Gasteiger partial charge is 0.293 e. The van der Waals surface area contributed by atoms with E-state index in [0.717, 1.165) is 33.7 Å². The van der Waals surface area contributed by atoms with E-state index >= 15 is 0 Å². The van der Waals surface area contributed by atoms with Gasteiger partial charge < -0.3 is 9.47 Å². The fourth-order valence-corrected chi connectivity index (χ4v) is 4.50. The fraction of sp³-hybridized carbons (Fsp3) is 0.192. The summed E-state index contributed by atoms with van der Waals surface area (Å²) in [6.45, 7) is 1.01. The Kier molecular flexibility index (Phi) is 7.08. The molecule has 6 nitrogen and oxygen atoms in total. The van der Waals surface area contributed by atoms with Gasteiger partial charge in [-0.2, -0.15) is 5.26 Å². The van der Waals surface area contributed by atoms with E-state index < -0.39 is 0 Å². The summed E-state index contributed by atoms with van der Waals surface area (Å²) in [7, 11) is 1.59. The summed E-state index contributed by atoms with van der Waals surface area (Å²) >= 11 is 0.932. The van der Waals surface area contributed by atoms with E-state index in [2.05, 4.69) is 6.07 Å². The van der Waals surface area contributed by atoms with Gasteiger partial charge in [0.1, 0.15) is 12.4 Å². The number of hydrogen-bond donors (Lipinski definition) is 0. The predicted octanol–water partition coefficient (Wildman–Crippen LogP) is 5.36. The summed E-state index contributed by atoms with van der Waals surface area (Å²) < 4.78 is 11.2. The number of amides is 2. The molecule has 1 heterocycles. The van der Waals surface area contributed by atoms with Crippen molar-refractivity contribution in [3.63, 3.8) is 0 Å². The Morgan fingerprint density at radius 2 is 1.85 bits per heavy atom. The molecule has 0 atom stereocenters. The van der Waals surface area contributed by atoms with Crippen molar-refractivity contribution in [1.82, 2.24) is 4.90 Å². The predicted molar refractivity (Wildman–Crippen MR) is 129 cm³/mol. The third kappa shape index (κ3) is 4.92. The van der Waals surface area contributed by atoms with Crippen LogP contribution in [-0.2, 0) is 16.1 Å². The third-order valence-electron chi connectivity index (χ3n) is 5.33. The first-order chi connectivity index (χ1) is 16.1. The largest absolute Gasteiger partial charge is 0.488 e. The first kappa shape index (κ1) is 22.6. The molecule has 0 aromatic heterocycles. The Labute approximate surface area is 196 Å². The Morgan fingerprint density at radius 3 is 2.67 bits per heavy atom. The quantitative estimate of drug-likeness (QED) is 0.334. The molecule has 0 saturated carbocycles. The Balaban J connectivity index is 1.68. The lowest BCUT2D eigenvalue weighted by atomic mass is 10.0. The van der Waals surface area contributed by atoms with Crippen molar-refractivity contribution in [2.24, 2.45) is 0 Å². The highest BCUT2D eigenvalue weighted by Crippen LogP contribution is 2.37. The standard InChI is InChI=1S/C26H22N2O4S/c1-31-14-6-13-28-25(29)24(33-26(28)30)15-22-21-10-5-4-7-18(21)11-12-23(22)32-17-20-9-3-2-8-19(20)16-27/h2-5,7-12,15H,6,13-14,17H2,1H3/b24-15+. The highest BCUT2D eigenvalue weighted by atomic mass is 32.2. The van der Waals surface area contributed by atoms with Crippen LogP contribution in [0.4, 0.5) is 4.79 Å². The molecule has 0 aliphatic carbocycles. The van der Waals surface area contributed by atoms with Gasteiger partial charge in [0.25, 0.3) is 11.1 Å². The van der Waals surface area contributed by atoms with Crippen LogP contribution in [0.5, 0.6) is 5.75 Å². The minimum Gasteiger partial charge on any atom is -0.488 e. The van der Waals surface area contributed by atoms with Gasteiger partial charge in [-0.05, 0) is 47.2 Å². The first-order valence-corrected chi connectivity index (χ1v) is 11.3. The molecular formula is C26H22N2O4S. The normalized spacial score (nSPS) is 14.8. The SMILES string of the molecule is COCCCN1C(=O)S/C(=C/c2c(OCc3ccccc3C#N)ccc3ccccc23)C1=O. The summed E-state index contributed by atoms with van der Waals surface area (Å²) in [4.78, 5) is 27.0. The van der Waals surface area contributed by atoms with Gasteiger partial charge in [-0.1, -0.05) is 48.5 Å². The average molecular weight is 459 g/mol. The van der Waals surface area contributed by atoms with Gasteiger partial charge >= 0.3 is 0 Å². The number of methoxy groups -OCH3 is 1. The lowest BCUT2D eigenvalue weighted by Crippen LogP contribution is -2.29. The first-order valence-electron chi connectivity index (χ1n) is 10.5. The number of fused-ring (bicyclic) bond motifs is 1. The molecule has 1 fully saturated rings. The molecule has 3 aromatic rings. The van der Waals surface area contributed by atoms with Gasteiger partial charge in [0.15, 0.2) is 0 Å². The van der Waals surface area contributed by atoms with E-state index in [1.165, 1.54) is 4.90 Å². The molecule has 33 heavy (non-hydrogen) atoms. The zero-order valence-electron chi connectivity index (χ0n) is 18.1. The second-order valence-corrected chi connectivity index (χ2v) is 8.43. The molecule has 1 saturated heterocycles. The minimum atomic E-state index is -0.310. The molecule has 3 aromatic carbocycles. The van der Waals surface area contributed by atoms with Crippen LogP contribution < -0.4 is 4.74 Å². The van der Waals surface area contributed by atoms with Crippen LogP contribution in [0.25, 0.3) is 16.8 Å². The van der Waals surface area contributed by atoms with Crippen LogP contribution in [-0.4, -0.2) is 36.3 Å². The molecule has 0 N–H and O–H groups in total. The number of nitrogens with zero attached hydrogens (tertiary/aromatic N) is 2. The van der Waals surface area contributed by atoms with E-state index in [1.807, 2.05) is 54.6 Å². The van der Waals surface area contributed by atoms with Gasteiger partial charge in [0.2, 0.25) is 0 Å². The third-order valence-corrected chi connectivity index (χ3v) is 6.24. The van der Waals surface area contributed by atoms with Gasteiger partial charge in [0, 0.05) is 31.4 Å². The molecule has 1 aliphatic rings. The molecule has 166 valence electrons. The van der Waals surface area contributed by atoms with Crippen LogP contribution >= 0.6 is 11.8 Å². The monoisotopic (exact) mass is 458 g/mol. The van der Waals surface area contributed by atoms with Gasteiger partial charge in [0.05, 0.1) is 16.5 Å². The highest BCUT2D eigenvalue weighted by Gasteiger charge is 2.34. The molecule has 0 bridgehead atoms. The van der Waals surface area contributed by atoms with E-state index in [1.54, 1.807) is 19.3 Å². The van der Waals surface area contributed by atoms with Crippen LogP contribution in [0.2, 0.25) is 0 Å². The van der Waals surface area contributed by atoms with Crippen molar-refractivity contribution in [1.29, 1.82) is 5.26 Å². The number of rotatable bonds is 8. The van der Waals surface area contributed by atoms with E-state index in [4.69, 9.17) is 9.47 Å². The molecule has 2 amide bonds. The summed E-state index contributed by atoms with van der Waals surface area (Å²) in [5, 5.41) is 11.0. The van der Waals surface area contributed by atoms with Crippen molar-refractivity contribution < 1.29 is 19.1 Å². The maximum Gasteiger partial charge on any atom is 0.293 e. The van der Waals surface area contributed by atoms with E-state index in [0.29, 0.717) is 35.8 Å². The van der Waals surface area contributed by atoms with E-state index in [-0.39, 0.29) is 17.8 Å². The summed E-state index contributed by atoms with van der Waals surface area (Å²) in [5.41, 5.74) is 2.06. The van der Waals surface area contributed by atoms with Crippen LogP contribution in [0.3, 0.4) is 0 Å². The van der Waals surface area contributed by atoms with Crippen molar-refractivity contribution in [3.8, 4) is 11.8 Å². The number of benzene rings is 3. The number of hydrogen-bond acceptors (Lipinski definition) is 6. The number of imide groups is 1. The molecule has 0 spiro atoms. The number of thioether (sulfide) groups is 1. The zero-order valence-corrected chi connectivity index (χ0v) is 18.9. The Morgan fingerprint density at radius 1 is 1.06 bits per heavy atom. The lowest BCUT2D eigenvalue weighted by molar-refractivity contribution is -0.122. The van der Waals surface area contributed by atoms with Crippen molar-refractivity contribution >= 4 is 39.8 Å². The number of carbonyl (C=O) groups excluding carboxylic acids is 2. The molecule has 1 aliphatic heterocycles. The van der Waals surface area contributed by atoms with Crippen molar-refractivity contribution in [2.75, 3.05) is 20.3 Å². The van der Waals surface area contributed by atoms with Crippen LogP contribution in [0.1, 0.15) is 23.1 Å². The van der Waals surface area contributed by atoms with Gasteiger partial charge in [-0.25, -0.2) is 0 Å². The van der Waals surface area contributed by atoms with Crippen LogP contribution in [0.15, 0.2) is 65.6 Å². The fourth-order valence-electron chi connectivity index (χ4n) is 3.65. The molecule has 7 heteroatoms. The molecular weight excluding hydrogens is 436 g/mol. The summed E-state index contributed by atoms with van der Waals surface area (Å²) in [5.74, 6) is 0.266. The summed E-state index contributed by atoms with van der Waals surface area (Å²) in [6.07, 6.45) is 2.32. The second kappa shape index (κ2) is 10.3. The Hall–Kier alpha value is -3.60. The lowest BCUT2D eigenvalue weighted by Gasteiger charge is -2.14. The number of nitriles is 1. The molecule has 4 rings (SSSR count). The molecule has 0 unspecified atom stereocenters. The number of carbonyl (C=O) groups is 2. The van der Waals surface area contributed by atoms with Crippen molar-refractivity contribution in [2.45, 2.75) is 13.0 Å². The topological polar surface area (TPSA) is 79.6 Å². The van der Waals surface area contributed by atoms with Crippen LogP contribution in [0, 0.1) is 11.3 Å². The van der Waals surface area contributed by atoms with Crippen molar-refractivity contribution in [3.05, 3.63) is 82.3 Å². The summed E-state index contributed by atoms with van der Waals surface area (Å²) in [6, 6.07) is 21.1. The zero-order chi connectivity index (χ0) is 23.2. The van der Waals surface area contributed by atoms with E-state index in [9.17, 15) is 14.9 Å². The van der Waals surface area contributed by atoms with Gasteiger partial charge in [-0.15, -0.1) is 0 Å². The second-order valence-electron chi connectivity index (χ2n) is 7.44. The average Bonchev–Trinajstić information content (AvgIpc) is 3.11. The van der Waals surface area contributed by atoms with Gasteiger partial charge in [-0.3, -0.25) is 14.5 Å². The maximum absolute atomic E-state index is 12.9. The Bertz CT molecular complexity index is 1280.